The fourth-order valence-electron chi connectivity index (χ4n) is 2.71. The molecule has 2 atom stereocenters. The summed E-state index contributed by atoms with van der Waals surface area (Å²) in [6.07, 6.45) is 0. The predicted molar refractivity (Wildman–Crippen MR) is 79.3 cm³/mol. The van der Waals surface area contributed by atoms with E-state index in [2.05, 4.69) is 56.4 Å². The Hall–Kier alpha value is -1.54. The third-order valence-electron chi connectivity index (χ3n) is 3.70. The molecule has 0 saturated carbocycles. The molecule has 0 bridgehead atoms. The number of aryl methyl sites for hydroxylation is 3. The maximum absolute atomic E-state index is 5.61. The Kier molecular flexibility index (Phi) is 4.11. The molecule has 19 heavy (non-hydrogen) atoms. The van der Waals surface area contributed by atoms with Gasteiger partial charge in [0.1, 0.15) is 11.5 Å². The number of hydrogen-bond acceptors (Lipinski definition) is 2. The second-order valence-electron chi connectivity index (χ2n) is 5.34. The highest BCUT2D eigenvalue weighted by atomic mass is 16.3. The average Bonchev–Trinajstić information content (AvgIpc) is 2.69. The fraction of sp³-hybridized carbons (Fsp3) is 0.412. The van der Waals surface area contributed by atoms with E-state index in [0.29, 0.717) is 6.04 Å². The molecule has 0 saturated heterocycles. The predicted octanol–water partition coefficient (Wildman–Crippen LogP) is 4.62. The van der Waals surface area contributed by atoms with Crippen LogP contribution in [0, 0.1) is 20.8 Å². The van der Waals surface area contributed by atoms with Crippen LogP contribution >= 0.6 is 0 Å². The van der Waals surface area contributed by atoms with Crippen LogP contribution in [-0.4, -0.2) is 0 Å². The molecule has 0 radical (unpaired) electrons. The first-order valence-corrected chi connectivity index (χ1v) is 6.87. The molecule has 2 aromatic rings. The Balaban J connectivity index is 2.13. The van der Waals surface area contributed by atoms with Gasteiger partial charge in [-0.2, -0.15) is 0 Å². The quantitative estimate of drug-likeness (QED) is 0.864. The summed E-state index contributed by atoms with van der Waals surface area (Å²) in [7, 11) is 0. The second-order valence-corrected chi connectivity index (χ2v) is 5.34. The van der Waals surface area contributed by atoms with Crippen molar-refractivity contribution in [3.05, 3.63) is 58.5 Å². The van der Waals surface area contributed by atoms with Crippen LogP contribution < -0.4 is 5.32 Å². The summed E-state index contributed by atoms with van der Waals surface area (Å²) in [5.74, 6) is 1.99. The zero-order valence-electron chi connectivity index (χ0n) is 12.4. The van der Waals surface area contributed by atoms with Gasteiger partial charge in [0.25, 0.3) is 0 Å². The highest BCUT2D eigenvalue weighted by Gasteiger charge is 2.16. The van der Waals surface area contributed by atoms with Crippen LogP contribution in [0.1, 0.15) is 54.1 Å². The molecule has 2 rings (SSSR count). The average molecular weight is 257 g/mol. The molecular formula is C17H23NO. The minimum Gasteiger partial charge on any atom is -0.466 e. The van der Waals surface area contributed by atoms with Crippen molar-refractivity contribution in [3.8, 4) is 0 Å². The van der Waals surface area contributed by atoms with Gasteiger partial charge in [0.05, 0.1) is 0 Å². The molecule has 1 aromatic carbocycles. The number of benzene rings is 1. The van der Waals surface area contributed by atoms with Crippen molar-refractivity contribution in [2.45, 2.75) is 46.7 Å². The van der Waals surface area contributed by atoms with Crippen LogP contribution in [0.4, 0.5) is 0 Å². The highest BCUT2D eigenvalue weighted by Crippen LogP contribution is 2.25. The summed E-state index contributed by atoms with van der Waals surface area (Å²) >= 11 is 0. The molecule has 2 nitrogen and oxygen atoms in total. The molecule has 0 aliphatic rings. The Labute approximate surface area is 115 Å². The van der Waals surface area contributed by atoms with E-state index in [1.807, 2.05) is 13.8 Å². The molecule has 102 valence electrons. The maximum Gasteiger partial charge on any atom is 0.105 e. The topological polar surface area (TPSA) is 25.2 Å². The zero-order chi connectivity index (χ0) is 14.0. The Morgan fingerprint density at radius 1 is 0.947 bits per heavy atom. The van der Waals surface area contributed by atoms with Crippen LogP contribution in [0.2, 0.25) is 0 Å². The van der Waals surface area contributed by atoms with Crippen LogP contribution in [0.15, 0.2) is 34.7 Å². The molecule has 1 heterocycles. The third kappa shape index (κ3) is 3.07. The van der Waals surface area contributed by atoms with E-state index < -0.39 is 0 Å². The van der Waals surface area contributed by atoms with Crippen molar-refractivity contribution < 1.29 is 4.42 Å². The van der Waals surface area contributed by atoms with Crippen LogP contribution in [0.25, 0.3) is 0 Å². The Morgan fingerprint density at radius 3 is 2.16 bits per heavy atom. The Morgan fingerprint density at radius 2 is 1.58 bits per heavy atom. The molecule has 2 heteroatoms. The van der Waals surface area contributed by atoms with Crippen molar-refractivity contribution in [1.29, 1.82) is 0 Å². The van der Waals surface area contributed by atoms with Crippen molar-refractivity contribution in [2.24, 2.45) is 0 Å². The van der Waals surface area contributed by atoms with Gasteiger partial charge in [-0.25, -0.2) is 0 Å². The van der Waals surface area contributed by atoms with Gasteiger partial charge in [-0.1, -0.05) is 24.3 Å². The third-order valence-corrected chi connectivity index (χ3v) is 3.70. The van der Waals surface area contributed by atoms with E-state index in [4.69, 9.17) is 4.42 Å². The highest BCUT2D eigenvalue weighted by molar-refractivity contribution is 5.29. The lowest BCUT2D eigenvalue weighted by atomic mass is 10.0. The van der Waals surface area contributed by atoms with Gasteiger partial charge in [-0.05, 0) is 51.8 Å². The molecular weight excluding hydrogens is 234 g/mol. The normalized spacial score (nSPS) is 14.4. The second kappa shape index (κ2) is 5.62. The lowest BCUT2D eigenvalue weighted by Gasteiger charge is -2.21. The summed E-state index contributed by atoms with van der Waals surface area (Å²) in [5.41, 5.74) is 3.93. The SMILES string of the molecule is Cc1cc(C(C)N[C@H](C)c2ccccc2C)c(C)o1. The zero-order valence-corrected chi connectivity index (χ0v) is 12.4. The summed E-state index contributed by atoms with van der Waals surface area (Å²) < 4.78 is 5.61. The van der Waals surface area contributed by atoms with Gasteiger partial charge >= 0.3 is 0 Å². The molecule has 1 unspecified atom stereocenters. The van der Waals surface area contributed by atoms with Gasteiger partial charge in [0.2, 0.25) is 0 Å². The molecule has 0 spiro atoms. The van der Waals surface area contributed by atoms with Crippen LogP contribution in [0.5, 0.6) is 0 Å². The van der Waals surface area contributed by atoms with Crippen LogP contribution in [0.3, 0.4) is 0 Å². The molecule has 0 fully saturated rings. The lowest BCUT2D eigenvalue weighted by molar-refractivity contribution is 0.468. The summed E-state index contributed by atoms with van der Waals surface area (Å²) in [6, 6.07) is 11.3. The molecule has 0 aliphatic heterocycles. The number of nitrogens with one attached hydrogen (secondary N) is 1. The summed E-state index contributed by atoms with van der Waals surface area (Å²) in [5, 5.41) is 3.65. The van der Waals surface area contributed by atoms with Crippen molar-refractivity contribution in [1.82, 2.24) is 5.32 Å². The molecule has 1 N–H and O–H groups in total. The van der Waals surface area contributed by atoms with Gasteiger partial charge < -0.3 is 9.73 Å². The summed E-state index contributed by atoms with van der Waals surface area (Å²) in [4.78, 5) is 0. The largest absolute Gasteiger partial charge is 0.466 e. The van der Waals surface area contributed by atoms with E-state index in [9.17, 15) is 0 Å². The molecule has 1 aromatic heterocycles. The van der Waals surface area contributed by atoms with Gasteiger partial charge in [0, 0.05) is 17.6 Å². The van der Waals surface area contributed by atoms with Gasteiger partial charge in [0.15, 0.2) is 0 Å². The first-order valence-electron chi connectivity index (χ1n) is 6.87. The van der Waals surface area contributed by atoms with E-state index in [1.54, 1.807) is 0 Å². The lowest BCUT2D eigenvalue weighted by Crippen LogP contribution is -2.23. The number of hydrogen-bond donors (Lipinski definition) is 1. The van der Waals surface area contributed by atoms with Crippen molar-refractivity contribution in [3.63, 3.8) is 0 Å². The van der Waals surface area contributed by atoms with Crippen molar-refractivity contribution in [2.75, 3.05) is 0 Å². The monoisotopic (exact) mass is 257 g/mol. The summed E-state index contributed by atoms with van der Waals surface area (Å²) in [6.45, 7) is 10.6. The van der Waals surface area contributed by atoms with E-state index in [-0.39, 0.29) is 6.04 Å². The minimum atomic E-state index is 0.284. The first kappa shape index (κ1) is 13.9. The van der Waals surface area contributed by atoms with Gasteiger partial charge in [-0.3, -0.25) is 0 Å². The standard InChI is InChI=1S/C17H23NO/c1-11-8-6-7-9-16(11)13(3)18-14(4)17-10-12(2)19-15(17)5/h6-10,13-14,18H,1-5H3/t13-,14?/m1/s1. The van der Waals surface area contributed by atoms with E-state index in [1.165, 1.54) is 16.7 Å². The number of rotatable bonds is 4. The Bertz CT molecular complexity index is 556. The smallest absolute Gasteiger partial charge is 0.105 e. The minimum absolute atomic E-state index is 0.284. The van der Waals surface area contributed by atoms with Crippen LogP contribution in [-0.2, 0) is 0 Å². The maximum atomic E-state index is 5.61. The molecule has 0 amide bonds. The number of furan rings is 1. The molecule has 0 aliphatic carbocycles. The van der Waals surface area contributed by atoms with Crippen molar-refractivity contribution >= 4 is 0 Å². The van der Waals surface area contributed by atoms with Gasteiger partial charge in [-0.15, -0.1) is 0 Å². The van der Waals surface area contributed by atoms with E-state index in [0.717, 1.165) is 11.5 Å². The fourth-order valence-corrected chi connectivity index (χ4v) is 2.71. The first-order chi connectivity index (χ1) is 8.99. The van der Waals surface area contributed by atoms with E-state index >= 15 is 0 Å².